The van der Waals surface area contributed by atoms with Gasteiger partial charge >= 0.3 is 0 Å². The Kier molecular flexibility index (Phi) is 5.21. The van der Waals surface area contributed by atoms with Crippen molar-refractivity contribution in [3.63, 3.8) is 0 Å². The van der Waals surface area contributed by atoms with Crippen LogP contribution in [-0.4, -0.2) is 34.6 Å². The maximum atomic E-state index is 11.8. The van der Waals surface area contributed by atoms with Crippen molar-refractivity contribution in [1.29, 1.82) is 0 Å². The lowest BCUT2D eigenvalue weighted by Crippen LogP contribution is -2.39. The molecule has 0 spiro atoms. The van der Waals surface area contributed by atoms with Gasteiger partial charge in [0.05, 0.1) is 6.61 Å². The zero-order valence-electron chi connectivity index (χ0n) is 16.2. The van der Waals surface area contributed by atoms with E-state index in [-0.39, 0.29) is 11.7 Å². The van der Waals surface area contributed by atoms with E-state index in [1.165, 1.54) is 17.2 Å². The van der Waals surface area contributed by atoms with E-state index < -0.39 is 0 Å². The lowest BCUT2D eigenvalue weighted by Gasteiger charge is -2.34. The highest BCUT2D eigenvalue weighted by atomic mass is 16.5. The van der Waals surface area contributed by atoms with Gasteiger partial charge in [-0.05, 0) is 36.6 Å². The van der Waals surface area contributed by atoms with Crippen molar-refractivity contribution in [2.45, 2.75) is 26.4 Å². The molecule has 6 heteroatoms. The number of aromatic nitrogens is 3. The number of anilines is 1. The summed E-state index contributed by atoms with van der Waals surface area (Å²) < 4.78 is 6.01. The van der Waals surface area contributed by atoms with E-state index in [9.17, 15) is 4.79 Å². The monoisotopic (exact) mass is 376 g/mol. The number of aryl methyl sites for hydroxylation is 2. The molecule has 1 N–H and O–H groups in total. The minimum Gasteiger partial charge on any atom is -0.370 e. The SMILES string of the molecule is CCc1cc(=O)[nH]c(-c2ccc(N3CCOC(c4ccccc4C)C3)nc2)n1. The highest BCUT2D eigenvalue weighted by Crippen LogP contribution is 2.27. The smallest absolute Gasteiger partial charge is 0.251 e. The van der Waals surface area contributed by atoms with Crippen molar-refractivity contribution in [1.82, 2.24) is 15.0 Å². The average molecular weight is 376 g/mol. The number of rotatable bonds is 4. The third kappa shape index (κ3) is 3.82. The molecule has 4 rings (SSSR count). The van der Waals surface area contributed by atoms with E-state index in [2.05, 4.69) is 45.0 Å². The first-order valence-corrected chi connectivity index (χ1v) is 9.63. The van der Waals surface area contributed by atoms with Gasteiger partial charge in [-0.2, -0.15) is 0 Å². The predicted octanol–water partition coefficient (Wildman–Crippen LogP) is 3.28. The number of benzene rings is 1. The van der Waals surface area contributed by atoms with Gasteiger partial charge in [-0.3, -0.25) is 4.79 Å². The maximum absolute atomic E-state index is 11.8. The third-order valence-corrected chi connectivity index (χ3v) is 5.10. The molecule has 1 saturated heterocycles. The minimum absolute atomic E-state index is 0.0377. The van der Waals surface area contributed by atoms with Crippen LogP contribution in [0.2, 0.25) is 0 Å². The normalized spacial score (nSPS) is 16.9. The summed E-state index contributed by atoms with van der Waals surface area (Å²) in [5.74, 6) is 1.46. The van der Waals surface area contributed by atoms with E-state index >= 15 is 0 Å². The fourth-order valence-electron chi connectivity index (χ4n) is 3.53. The van der Waals surface area contributed by atoms with E-state index in [0.717, 1.165) is 36.6 Å². The molecule has 6 nitrogen and oxygen atoms in total. The van der Waals surface area contributed by atoms with Crippen molar-refractivity contribution < 1.29 is 4.74 Å². The Bertz CT molecular complexity index is 1010. The molecule has 1 unspecified atom stereocenters. The molecule has 1 fully saturated rings. The van der Waals surface area contributed by atoms with Crippen molar-refractivity contribution in [2.24, 2.45) is 0 Å². The first-order chi connectivity index (χ1) is 13.6. The van der Waals surface area contributed by atoms with Crippen LogP contribution in [0.4, 0.5) is 5.82 Å². The number of ether oxygens (including phenoxy) is 1. The van der Waals surface area contributed by atoms with Gasteiger partial charge in [-0.1, -0.05) is 31.2 Å². The Hall–Kier alpha value is -2.99. The second-order valence-corrected chi connectivity index (χ2v) is 7.01. The first kappa shape index (κ1) is 18.4. The standard InChI is InChI=1S/C22H24N4O2/c1-3-17-12-21(27)25-22(24-17)16-8-9-20(23-13-16)26-10-11-28-19(14-26)18-7-5-4-6-15(18)2/h4-9,12-13,19H,3,10-11,14H2,1-2H3,(H,24,25,27). The molecule has 3 heterocycles. The van der Waals surface area contributed by atoms with Crippen LogP contribution in [-0.2, 0) is 11.2 Å². The van der Waals surface area contributed by atoms with Crippen molar-refractivity contribution in [3.8, 4) is 11.4 Å². The quantitative estimate of drug-likeness (QED) is 0.757. The number of morpholine rings is 1. The van der Waals surface area contributed by atoms with Crippen LogP contribution in [0.25, 0.3) is 11.4 Å². The first-order valence-electron chi connectivity index (χ1n) is 9.63. The van der Waals surface area contributed by atoms with Crippen LogP contribution in [0.1, 0.15) is 29.8 Å². The van der Waals surface area contributed by atoms with Gasteiger partial charge < -0.3 is 14.6 Å². The zero-order valence-corrected chi connectivity index (χ0v) is 16.2. The molecular weight excluding hydrogens is 352 g/mol. The number of nitrogens with zero attached hydrogens (tertiary/aromatic N) is 3. The molecule has 0 radical (unpaired) electrons. The highest BCUT2D eigenvalue weighted by molar-refractivity contribution is 5.56. The molecule has 0 saturated carbocycles. The zero-order chi connectivity index (χ0) is 19.5. The molecular formula is C22H24N4O2. The maximum Gasteiger partial charge on any atom is 0.251 e. The Morgan fingerprint density at radius 1 is 1.25 bits per heavy atom. The Labute approximate surface area is 164 Å². The average Bonchev–Trinajstić information content (AvgIpc) is 2.74. The molecule has 28 heavy (non-hydrogen) atoms. The second kappa shape index (κ2) is 7.94. The van der Waals surface area contributed by atoms with Crippen LogP contribution < -0.4 is 10.5 Å². The summed E-state index contributed by atoms with van der Waals surface area (Å²) in [6.07, 6.45) is 2.53. The molecule has 144 valence electrons. The summed E-state index contributed by atoms with van der Waals surface area (Å²) in [5, 5.41) is 0. The number of H-pyrrole nitrogens is 1. The summed E-state index contributed by atoms with van der Waals surface area (Å²) in [6.45, 7) is 6.32. The van der Waals surface area contributed by atoms with Gasteiger partial charge in [0.2, 0.25) is 0 Å². The van der Waals surface area contributed by atoms with Gasteiger partial charge in [-0.15, -0.1) is 0 Å². The Balaban J connectivity index is 1.55. The van der Waals surface area contributed by atoms with E-state index in [1.807, 2.05) is 25.1 Å². The van der Waals surface area contributed by atoms with Gasteiger partial charge in [-0.25, -0.2) is 9.97 Å². The molecule has 1 aliphatic heterocycles. The van der Waals surface area contributed by atoms with Crippen molar-refractivity contribution >= 4 is 5.82 Å². The van der Waals surface area contributed by atoms with E-state index in [1.54, 1.807) is 6.20 Å². The van der Waals surface area contributed by atoms with Gasteiger partial charge in [0.15, 0.2) is 0 Å². The lowest BCUT2D eigenvalue weighted by atomic mass is 10.0. The van der Waals surface area contributed by atoms with Gasteiger partial charge in [0.1, 0.15) is 17.7 Å². The van der Waals surface area contributed by atoms with Gasteiger partial charge in [0.25, 0.3) is 5.56 Å². The summed E-state index contributed by atoms with van der Waals surface area (Å²) in [7, 11) is 0. The van der Waals surface area contributed by atoms with Crippen molar-refractivity contribution in [3.05, 3.63) is 75.8 Å². The van der Waals surface area contributed by atoms with Crippen LogP contribution in [0.15, 0.2) is 53.5 Å². The van der Waals surface area contributed by atoms with E-state index in [4.69, 9.17) is 4.74 Å². The third-order valence-electron chi connectivity index (χ3n) is 5.10. The molecule has 3 aromatic rings. The summed E-state index contributed by atoms with van der Waals surface area (Å²) in [6, 6.07) is 13.8. The summed E-state index contributed by atoms with van der Waals surface area (Å²) >= 11 is 0. The Morgan fingerprint density at radius 2 is 2.11 bits per heavy atom. The molecule has 0 aliphatic carbocycles. The fraction of sp³-hybridized carbons (Fsp3) is 0.318. The fourth-order valence-corrected chi connectivity index (χ4v) is 3.53. The summed E-state index contributed by atoms with van der Waals surface area (Å²) in [4.78, 5) is 26.0. The van der Waals surface area contributed by atoms with Crippen LogP contribution in [0.3, 0.4) is 0 Å². The number of pyridine rings is 1. The molecule has 1 atom stereocenters. The second-order valence-electron chi connectivity index (χ2n) is 7.01. The largest absolute Gasteiger partial charge is 0.370 e. The van der Waals surface area contributed by atoms with Crippen LogP contribution in [0, 0.1) is 6.92 Å². The number of hydrogen-bond donors (Lipinski definition) is 1. The van der Waals surface area contributed by atoms with Crippen LogP contribution in [0.5, 0.6) is 0 Å². The summed E-state index contributed by atoms with van der Waals surface area (Å²) in [5.41, 5.74) is 3.91. The molecule has 1 aliphatic rings. The molecule has 2 aromatic heterocycles. The molecule has 0 amide bonds. The van der Waals surface area contributed by atoms with E-state index in [0.29, 0.717) is 12.4 Å². The number of nitrogens with one attached hydrogen (secondary N) is 1. The van der Waals surface area contributed by atoms with Crippen LogP contribution >= 0.6 is 0 Å². The predicted molar refractivity (Wildman–Crippen MR) is 110 cm³/mol. The van der Waals surface area contributed by atoms with Crippen molar-refractivity contribution in [2.75, 3.05) is 24.6 Å². The van der Waals surface area contributed by atoms with Gasteiger partial charge in [0, 0.05) is 36.6 Å². The molecule has 1 aromatic carbocycles. The number of hydrogen-bond acceptors (Lipinski definition) is 5. The molecule has 0 bridgehead atoms. The Morgan fingerprint density at radius 3 is 2.86 bits per heavy atom. The topological polar surface area (TPSA) is 71.1 Å². The number of aromatic amines is 1. The lowest BCUT2D eigenvalue weighted by molar-refractivity contribution is 0.0391. The minimum atomic E-state index is -0.139. The highest BCUT2D eigenvalue weighted by Gasteiger charge is 2.24.